The summed E-state index contributed by atoms with van der Waals surface area (Å²) < 4.78 is 17.0. The summed E-state index contributed by atoms with van der Waals surface area (Å²) in [6.07, 6.45) is 0. The first-order valence-electron chi connectivity index (χ1n) is 8.61. The molecule has 2 aliphatic heterocycles. The van der Waals surface area contributed by atoms with E-state index in [1.54, 1.807) is 19.1 Å². The molecule has 0 saturated carbocycles. The van der Waals surface area contributed by atoms with Crippen LogP contribution in [0.25, 0.3) is 0 Å². The van der Waals surface area contributed by atoms with Crippen LogP contribution in [0.5, 0.6) is 11.5 Å². The molecule has 1 atom stereocenters. The van der Waals surface area contributed by atoms with Crippen LogP contribution in [0.3, 0.4) is 0 Å². The Kier molecular flexibility index (Phi) is 4.95. The third-order valence-electron chi connectivity index (χ3n) is 4.50. The van der Waals surface area contributed by atoms with E-state index in [4.69, 9.17) is 14.2 Å². The molecule has 2 amide bonds. The minimum absolute atomic E-state index is 0.130. The van der Waals surface area contributed by atoms with Gasteiger partial charge in [-0.3, -0.25) is 0 Å². The van der Waals surface area contributed by atoms with Crippen molar-refractivity contribution in [3.05, 3.63) is 69.3 Å². The van der Waals surface area contributed by atoms with Gasteiger partial charge in [0.2, 0.25) is 6.79 Å². The molecule has 0 unspecified atom stereocenters. The van der Waals surface area contributed by atoms with Gasteiger partial charge in [-0.1, -0.05) is 46.3 Å². The monoisotopic (exact) mass is 444 g/mol. The summed E-state index contributed by atoms with van der Waals surface area (Å²) in [5.74, 6) is 0.647. The standard InChI is InChI=1S/C20H17BrN2O5/c1-11-17(19(24)26-9-12-5-3-2-4-6-12)18(23-20(25)22-11)13-7-15-16(8-14(13)21)28-10-27-15/h2-8,18H,9-10H2,1H3,(H2,22,23,25)/t18-/m1/s1. The van der Waals surface area contributed by atoms with Gasteiger partial charge in [0.05, 0.1) is 11.6 Å². The Morgan fingerprint density at radius 3 is 2.68 bits per heavy atom. The van der Waals surface area contributed by atoms with Crippen LogP contribution in [0.4, 0.5) is 4.79 Å². The number of carbonyl (C=O) groups is 2. The molecule has 144 valence electrons. The van der Waals surface area contributed by atoms with Crippen LogP contribution >= 0.6 is 15.9 Å². The predicted octanol–water partition coefficient (Wildman–Crippen LogP) is 3.55. The molecule has 8 heteroatoms. The fourth-order valence-electron chi connectivity index (χ4n) is 3.15. The Hall–Kier alpha value is -3.00. The van der Waals surface area contributed by atoms with Crippen LogP contribution in [0.15, 0.2) is 58.2 Å². The van der Waals surface area contributed by atoms with Crippen molar-refractivity contribution in [3.63, 3.8) is 0 Å². The van der Waals surface area contributed by atoms with E-state index in [0.717, 1.165) is 5.56 Å². The zero-order chi connectivity index (χ0) is 19.7. The number of carbonyl (C=O) groups excluding carboxylic acids is 2. The second kappa shape index (κ2) is 7.55. The molecule has 0 saturated heterocycles. The van der Waals surface area contributed by atoms with Gasteiger partial charge in [-0.05, 0) is 30.2 Å². The van der Waals surface area contributed by atoms with Crippen LogP contribution in [0, 0.1) is 0 Å². The average molecular weight is 445 g/mol. The van der Waals surface area contributed by atoms with Crippen LogP contribution in [0.1, 0.15) is 24.1 Å². The first kappa shape index (κ1) is 18.4. The third kappa shape index (κ3) is 3.55. The number of benzene rings is 2. The number of urea groups is 1. The summed E-state index contributed by atoms with van der Waals surface area (Å²) in [6, 6.07) is 11.8. The van der Waals surface area contributed by atoms with Crippen LogP contribution in [0.2, 0.25) is 0 Å². The van der Waals surface area contributed by atoms with Crippen LogP contribution < -0.4 is 20.1 Å². The molecule has 0 spiro atoms. The van der Waals surface area contributed by atoms with Gasteiger partial charge < -0.3 is 24.8 Å². The Morgan fingerprint density at radius 1 is 1.21 bits per heavy atom. The number of ether oxygens (including phenoxy) is 3. The molecule has 0 bridgehead atoms. The molecular weight excluding hydrogens is 428 g/mol. The first-order chi connectivity index (χ1) is 13.5. The fourth-order valence-corrected chi connectivity index (χ4v) is 3.70. The molecule has 2 heterocycles. The molecular formula is C20H17BrN2O5. The van der Waals surface area contributed by atoms with E-state index >= 15 is 0 Å². The van der Waals surface area contributed by atoms with E-state index in [2.05, 4.69) is 26.6 Å². The van der Waals surface area contributed by atoms with E-state index in [9.17, 15) is 9.59 Å². The van der Waals surface area contributed by atoms with Gasteiger partial charge in [0.1, 0.15) is 6.61 Å². The molecule has 2 aliphatic rings. The highest BCUT2D eigenvalue weighted by Gasteiger charge is 2.34. The van der Waals surface area contributed by atoms with Crippen molar-refractivity contribution in [2.45, 2.75) is 19.6 Å². The van der Waals surface area contributed by atoms with Gasteiger partial charge >= 0.3 is 12.0 Å². The Bertz CT molecular complexity index is 974. The van der Waals surface area contributed by atoms with E-state index in [1.807, 2.05) is 30.3 Å². The maximum Gasteiger partial charge on any atom is 0.338 e. The number of fused-ring (bicyclic) bond motifs is 1. The number of halogens is 1. The van der Waals surface area contributed by atoms with Gasteiger partial charge in [-0.25, -0.2) is 9.59 Å². The summed E-state index contributed by atoms with van der Waals surface area (Å²) in [7, 11) is 0. The smallest absolute Gasteiger partial charge is 0.338 e. The number of allylic oxidation sites excluding steroid dienone is 1. The maximum atomic E-state index is 12.9. The second-order valence-electron chi connectivity index (χ2n) is 6.36. The minimum atomic E-state index is -0.694. The van der Waals surface area contributed by atoms with Gasteiger partial charge in [-0.15, -0.1) is 0 Å². The normalized spacial score (nSPS) is 17.8. The van der Waals surface area contributed by atoms with E-state index in [0.29, 0.717) is 32.8 Å². The number of amides is 2. The minimum Gasteiger partial charge on any atom is -0.457 e. The van der Waals surface area contributed by atoms with Crippen molar-refractivity contribution in [2.75, 3.05) is 6.79 Å². The van der Waals surface area contributed by atoms with Crippen molar-refractivity contribution in [1.82, 2.24) is 10.6 Å². The number of rotatable bonds is 4. The SMILES string of the molecule is CC1=C(C(=O)OCc2ccccc2)[C@@H](c2cc3c(cc2Br)OCO3)NC(=O)N1. The summed E-state index contributed by atoms with van der Waals surface area (Å²) in [4.78, 5) is 24.9. The van der Waals surface area contributed by atoms with Crippen LogP contribution in [-0.2, 0) is 16.1 Å². The van der Waals surface area contributed by atoms with Crippen molar-refractivity contribution < 1.29 is 23.8 Å². The quantitative estimate of drug-likeness (QED) is 0.704. The Morgan fingerprint density at radius 2 is 1.93 bits per heavy atom. The lowest BCUT2D eigenvalue weighted by Crippen LogP contribution is -2.45. The molecule has 0 radical (unpaired) electrons. The highest BCUT2D eigenvalue weighted by molar-refractivity contribution is 9.10. The number of nitrogens with one attached hydrogen (secondary N) is 2. The lowest BCUT2D eigenvalue weighted by molar-refractivity contribution is -0.140. The third-order valence-corrected chi connectivity index (χ3v) is 5.19. The molecule has 2 aromatic rings. The topological polar surface area (TPSA) is 85.9 Å². The highest BCUT2D eigenvalue weighted by Crippen LogP contribution is 2.41. The molecule has 2 aromatic carbocycles. The number of esters is 1. The van der Waals surface area contributed by atoms with Crippen LogP contribution in [-0.4, -0.2) is 18.8 Å². The Balaban J connectivity index is 1.64. The summed E-state index contributed by atoms with van der Waals surface area (Å²) >= 11 is 3.50. The lowest BCUT2D eigenvalue weighted by Gasteiger charge is -2.29. The predicted molar refractivity (Wildman–Crippen MR) is 104 cm³/mol. The average Bonchev–Trinajstić information content (AvgIpc) is 3.13. The summed E-state index contributed by atoms with van der Waals surface area (Å²) in [5, 5.41) is 5.43. The van der Waals surface area contributed by atoms with Crippen molar-refractivity contribution in [2.24, 2.45) is 0 Å². The molecule has 0 aliphatic carbocycles. The fraction of sp³-hybridized carbons (Fsp3) is 0.200. The zero-order valence-corrected chi connectivity index (χ0v) is 16.5. The van der Waals surface area contributed by atoms with Crippen molar-refractivity contribution >= 4 is 27.9 Å². The second-order valence-corrected chi connectivity index (χ2v) is 7.21. The molecule has 7 nitrogen and oxygen atoms in total. The van der Waals surface area contributed by atoms with E-state index in [1.165, 1.54) is 0 Å². The largest absolute Gasteiger partial charge is 0.457 e. The van der Waals surface area contributed by atoms with Gasteiger partial charge in [0, 0.05) is 10.2 Å². The van der Waals surface area contributed by atoms with E-state index in [-0.39, 0.29) is 13.4 Å². The van der Waals surface area contributed by atoms with Gasteiger partial charge in [0.25, 0.3) is 0 Å². The molecule has 2 N–H and O–H groups in total. The van der Waals surface area contributed by atoms with Gasteiger partial charge in [-0.2, -0.15) is 0 Å². The van der Waals surface area contributed by atoms with E-state index < -0.39 is 18.0 Å². The first-order valence-corrected chi connectivity index (χ1v) is 9.40. The lowest BCUT2D eigenvalue weighted by atomic mass is 9.95. The molecule has 0 fully saturated rings. The zero-order valence-electron chi connectivity index (χ0n) is 15.0. The molecule has 28 heavy (non-hydrogen) atoms. The highest BCUT2D eigenvalue weighted by atomic mass is 79.9. The summed E-state index contributed by atoms with van der Waals surface area (Å²) in [5.41, 5.74) is 2.32. The maximum absolute atomic E-state index is 12.9. The Labute approximate surface area is 169 Å². The van der Waals surface area contributed by atoms with Crippen molar-refractivity contribution in [3.8, 4) is 11.5 Å². The van der Waals surface area contributed by atoms with Crippen molar-refractivity contribution in [1.29, 1.82) is 0 Å². The molecule has 4 rings (SSSR count). The number of hydrogen-bond acceptors (Lipinski definition) is 5. The number of hydrogen-bond donors (Lipinski definition) is 2. The van der Waals surface area contributed by atoms with Gasteiger partial charge in [0.15, 0.2) is 11.5 Å². The molecule has 0 aromatic heterocycles. The summed E-state index contributed by atoms with van der Waals surface area (Å²) in [6.45, 7) is 1.94.